The van der Waals surface area contributed by atoms with Gasteiger partial charge in [0.15, 0.2) is 11.5 Å². The van der Waals surface area contributed by atoms with Crippen molar-refractivity contribution in [3.8, 4) is 0 Å². The highest BCUT2D eigenvalue weighted by Gasteiger charge is 2.34. The number of carbonyl (C=O) groups excluding carboxylic acids is 1. The molecule has 1 heterocycles. The third-order valence-corrected chi connectivity index (χ3v) is 6.62. The summed E-state index contributed by atoms with van der Waals surface area (Å²) in [5.41, 5.74) is 1.47. The van der Waals surface area contributed by atoms with Crippen molar-refractivity contribution in [2.24, 2.45) is 0 Å². The van der Waals surface area contributed by atoms with Crippen LogP contribution in [-0.4, -0.2) is 25.2 Å². The molecule has 2 aromatic rings. The zero-order chi connectivity index (χ0) is 17.3. The zero-order valence-corrected chi connectivity index (χ0v) is 15.8. The number of benzene rings is 1. The quantitative estimate of drug-likeness (QED) is 0.489. The van der Waals surface area contributed by atoms with Crippen LogP contribution in [0.4, 0.5) is 0 Å². The predicted octanol–water partition coefficient (Wildman–Crippen LogP) is 4.53. The lowest BCUT2D eigenvalue weighted by molar-refractivity contribution is 0.103. The van der Waals surface area contributed by atoms with Crippen molar-refractivity contribution in [2.45, 2.75) is 24.9 Å². The summed E-state index contributed by atoms with van der Waals surface area (Å²) in [6, 6.07) is 5.24. The summed E-state index contributed by atoms with van der Waals surface area (Å²) in [6.45, 7) is 0. The molecule has 0 radical (unpaired) electrons. The Balaban J connectivity index is 2.01. The van der Waals surface area contributed by atoms with Crippen LogP contribution in [0.3, 0.4) is 0 Å². The van der Waals surface area contributed by atoms with Gasteiger partial charge in [0.2, 0.25) is 0 Å². The Bertz CT molecular complexity index is 807. The molecule has 0 amide bonds. The fourth-order valence-electron chi connectivity index (χ4n) is 2.53. The van der Waals surface area contributed by atoms with Gasteiger partial charge in [-0.25, -0.2) is 0 Å². The van der Waals surface area contributed by atoms with E-state index in [9.17, 15) is 9.36 Å². The highest BCUT2D eigenvalue weighted by molar-refractivity contribution is 9.10. The smallest absolute Gasteiger partial charge is 0.334 e. The third-order valence-electron chi connectivity index (χ3n) is 4.06. The summed E-state index contributed by atoms with van der Waals surface area (Å²) < 4.78 is 28.5. The van der Waals surface area contributed by atoms with E-state index in [1.54, 1.807) is 18.2 Å². The fourth-order valence-corrected chi connectivity index (χ4v) is 4.39. The van der Waals surface area contributed by atoms with Crippen molar-refractivity contribution in [1.82, 2.24) is 5.16 Å². The molecule has 0 aliphatic heterocycles. The first kappa shape index (κ1) is 17.5. The zero-order valence-electron chi connectivity index (χ0n) is 13.3. The molecule has 0 N–H and O–H groups in total. The second kappa shape index (κ2) is 6.92. The van der Waals surface area contributed by atoms with Gasteiger partial charge in [-0.3, -0.25) is 9.36 Å². The highest BCUT2D eigenvalue weighted by atomic mass is 79.9. The molecule has 0 atom stereocenters. The van der Waals surface area contributed by atoms with Gasteiger partial charge in [0, 0.05) is 30.2 Å². The second-order valence-electron chi connectivity index (χ2n) is 5.61. The molecule has 1 aliphatic rings. The Kier molecular flexibility index (Phi) is 5.06. The van der Waals surface area contributed by atoms with Gasteiger partial charge >= 0.3 is 7.60 Å². The Morgan fingerprint density at radius 3 is 2.67 bits per heavy atom. The summed E-state index contributed by atoms with van der Waals surface area (Å²) in [5.74, 6) is 0.701. The molecule has 1 aliphatic carbocycles. The molecule has 128 valence electrons. The monoisotopic (exact) mass is 413 g/mol. The van der Waals surface area contributed by atoms with Gasteiger partial charge in [-0.1, -0.05) is 33.2 Å². The maximum absolute atomic E-state index is 13.0. The van der Waals surface area contributed by atoms with Gasteiger partial charge in [0.05, 0.1) is 17.9 Å². The van der Waals surface area contributed by atoms with Crippen molar-refractivity contribution in [3.63, 3.8) is 0 Å². The van der Waals surface area contributed by atoms with Crippen LogP contribution in [-0.2, 0) is 19.8 Å². The van der Waals surface area contributed by atoms with E-state index in [1.165, 1.54) is 20.4 Å². The average Bonchev–Trinajstić information content (AvgIpc) is 3.32. The van der Waals surface area contributed by atoms with Crippen molar-refractivity contribution < 1.29 is 22.9 Å². The number of nitrogens with zero attached hydrogens (tertiary/aromatic N) is 1. The van der Waals surface area contributed by atoms with Gasteiger partial charge in [0.25, 0.3) is 0 Å². The molecule has 0 spiro atoms. The minimum absolute atomic E-state index is 0.00740. The average molecular weight is 414 g/mol. The Labute approximate surface area is 148 Å². The fraction of sp³-hybridized carbons (Fsp3) is 0.375. The van der Waals surface area contributed by atoms with E-state index in [0.29, 0.717) is 26.9 Å². The van der Waals surface area contributed by atoms with Crippen LogP contribution in [0.2, 0.25) is 0 Å². The van der Waals surface area contributed by atoms with Crippen molar-refractivity contribution in [1.29, 1.82) is 0 Å². The molecule has 1 fully saturated rings. The number of hydrogen-bond donors (Lipinski definition) is 0. The first-order valence-corrected chi connectivity index (χ1v) is 9.98. The van der Waals surface area contributed by atoms with E-state index >= 15 is 0 Å². The predicted molar refractivity (Wildman–Crippen MR) is 91.4 cm³/mol. The number of halogens is 1. The van der Waals surface area contributed by atoms with E-state index in [-0.39, 0.29) is 17.9 Å². The van der Waals surface area contributed by atoms with Crippen LogP contribution in [0.15, 0.2) is 33.4 Å². The summed E-state index contributed by atoms with van der Waals surface area (Å²) in [4.78, 5) is 13.0. The van der Waals surface area contributed by atoms with Crippen LogP contribution in [0.25, 0.3) is 0 Å². The molecule has 3 rings (SSSR count). The molecular formula is C16H17BrNO5P. The first-order chi connectivity index (χ1) is 11.5. The van der Waals surface area contributed by atoms with E-state index < -0.39 is 7.60 Å². The standard InChI is InChI=1S/C16H17BrNO5P/c1-21-24(20,22-2)9-13-11(4-3-5-14(13)17)15(19)12-8-18-23-16(12)10-6-7-10/h3-5,8,10H,6-7,9H2,1-2H3. The van der Waals surface area contributed by atoms with Crippen molar-refractivity contribution in [2.75, 3.05) is 14.2 Å². The summed E-state index contributed by atoms with van der Waals surface area (Å²) in [5, 5.41) is 3.78. The van der Waals surface area contributed by atoms with E-state index in [0.717, 1.165) is 12.8 Å². The third kappa shape index (κ3) is 3.40. The van der Waals surface area contributed by atoms with Gasteiger partial charge in [0.1, 0.15) is 0 Å². The normalized spacial score (nSPS) is 14.8. The topological polar surface area (TPSA) is 78.6 Å². The molecule has 1 aromatic carbocycles. The number of carbonyl (C=O) groups is 1. The molecule has 0 saturated heterocycles. The Morgan fingerprint density at radius 2 is 2.04 bits per heavy atom. The lowest BCUT2D eigenvalue weighted by atomic mass is 9.98. The molecule has 6 nitrogen and oxygen atoms in total. The van der Waals surface area contributed by atoms with Gasteiger partial charge < -0.3 is 13.6 Å². The minimum atomic E-state index is -3.31. The molecule has 1 saturated carbocycles. The number of aromatic nitrogens is 1. The van der Waals surface area contributed by atoms with Gasteiger partial charge in [-0.05, 0) is 24.5 Å². The first-order valence-electron chi connectivity index (χ1n) is 7.46. The largest absolute Gasteiger partial charge is 0.360 e. The Morgan fingerprint density at radius 1 is 1.33 bits per heavy atom. The maximum atomic E-state index is 13.0. The summed E-state index contributed by atoms with van der Waals surface area (Å²) in [6.07, 6.45) is 3.45. The lowest BCUT2D eigenvalue weighted by Crippen LogP contribution is -2.08. The maximum Gasteiger partial charge on any atom is 0.334 e. The summed E-state index contributed by atoms with van der Waals surface area (Å²) in [7, 11) is -0.659. The molecule has 1 aromatic heterocycles. The van der Waals surface area contributed by atoms with Crippen molar-refractivity contribution >= 4 is 29.3 Å². The van der Waals surface area contributed by atoms with E-state index in [2.05, 4.69) is 21.1 Å². The molecule has 8 heteroatoms. The Hall–Kier alpha value is -1.27. The lowest BCUT2D eigenvalue weighted by Gasteiger charge is -2.17. The van der Waals surface area contributed by atoms with Crippen molar-refractivity contribution in [3.05, 3.63) is 51.3 Å². The SMILES string of the molecule is COP(=O)(Cc1c(Br)cccc1C(=O)c1cnoc1C1CC1)OC. The molecular weight excluding hydrogens is 397 g/mol. The van der Waals surface area contributed by atoms with Crippen LogP contribution >= 0.6 is 23.5 Å². The highest BCUT2D eigenvalue weighted by Crippen LogP contribution is 2.51. The van der Waals surface area contributed by atoms with E-state index in [1.807, 2.05) is 0 Å². The van der Waals surface area contributed by atoms with Crippen LogP contribution < -0.4 is 0 Å². The number of ketones is 1. The molecule has 0 bridgehead atoms. The summed E-state index contributed by atoms with van der Waals surface area (Å²) >= 11 is 3.43. The molecule has 24 heavy (non-hydrogen) atoms. The molecule has 0 unspecified atom stereocenters. The number of hydrogen-bond acceptors (Lipinski definition) is 6. The van der Waals surface area contributed by atoms with Gasteiger partial charge in [-0.15, -0.1) is 0 Å². The number of rotatable bonds is 7. The van der Waals surface area contributed by atoms with Crippen LogP contribution in [0.1, 0.15) is 46.0 Å². The van der Waals surface area contributed by atoms with E-state index in [4.69, 9.17) is 13.6 Å². The van der Waals surface area contributed by atoms with Gasteiger partial charge in [-0.2, -0.15) is 0 Å². The minimum Gasteiger partial charge on any atom is -0.360 e. The second-order valence-corrected chi connectivity index (χ2v) is 8.73. The van der Waals surface area contributed by atoms with Crippen LogP contribution in [0, 0.1) is 0 Å². The van der Waals surface area contributed by atoms with Crippen LogP contribution in [0.5, 0.6) is 0 Å².